The van der Waals surface area contributed by atoms with Gasteiger partial charge in [0.25, 0.3) is 0 Å². The van der Waals surface area contributed by atoms with Gasteiger partial charge in [-0.15, -0.1) is 0 Å². The molecule has 1 unspecified atom stereocenters. The van der Waals surface area contributed by atoms with Gasteiger partial charge in [0, 0.05) is 12.1 Å². The fourth-order valence-corrected chi connectivity index (χ4v) is 1.76. The van der Waals surface area contributed by atoms with Gasteiger partial charge in [-0.1, -0.05) is 26.0 Å². The van der Waals surface area contributed by atoms with E-state index in [2.05, 4.69) is 5.32 Å². The maximum Gasteiger partial charge on any atom is 0.305 e. The van der Waals surface area contributed by atoms with E-state index in [4.69, 9.17) is 9.84 Å². The molecule has 0 aliphatic rings. The Bertz CT molecular complexity index is 506. The summed E-state index contributed by atoms with van der Waals surface area (Å²) in [6, 6.07) is 6.90. The summed E-state index contributed by atoms with van der Waals surface area (Å²) in [5, 5.41) is 11.5. The third kappa shape index (κ3) is 6.12. The summed E-state index contributed by atoms with van der Waals surface area (Å²) in [7, 11) is 1.59. The second-order valence-corrected chi connectivity index (χ2v) is 5.06. The Hall–Kier alpha value is -2.30. The number of ether oxygens (including phenoxy) is 1. The first-order valence-corrected chi connectivity index (χ1v) is 6.76. The zero-order valence-corrected chi connectivity index (χ0v) is 12.5. The SMILES string of the molecule is COc1ccc(/C=C/C(=O)NC(CC(=O)O)C(C)C)cc1. The van der Waals surface area contributed by atoms with E-state index in [1.54, 1.807) is 25.3 Å². The summed E-state index contributed by atoms with van der Waals surface area (Å²) in [6.07, 6.45) is 2.99. The van der Waals surface area contributed by atoms with Crippen LogP contribution < -0.4 is 10.1 Å². The number of carbonyl (C=O) groups is 2. The molecule has 1 rings (SSSR count). The number of carboxylic acids is 1. The van der Waals surface area contributed by atoms with E-state index in [1.165, 1.54) is 6.08 Å². The highest BCUT2D eigenvalue weighted by Gasteiger charge is 2.18. The number of benzene rings is 1. The minimum atomic E-state index is -0.923. The molecule has 0 aromatic heterocycles. The van der Waals surface area contributed by atoms with E-state index in [-0.39, 0.29) is 24.3 Å². The second-order valence-electron chi connectivity index (χ2n) is 5.06. The quantitative estimate of drug-likeness (QED) is 0.756. The van der Waals surface area contributed by atoms with E-state index in [9.17, 15) is 9.59 Å². The molecule has 0 radical (unpaired) electrons. The third-order valence-electron chi connectivity index (χ3n) is 3.07. The molecule has 5 nitrogen and oxygen atoms in total. The topological polar surface area (TPSA) is 75.6 Å². The molecule has 0 heterocycles. The van der Waals surface area contributed by atoms with Gasteiger partial charge in [0.2, 0.25) is 5.91 Å². The fourth-order valence-electron chi connectivity index (χ4n) is 1.76. The van der Waals surface area contributed by atoms with Crippen molar-refractivity contribution in [1.29, 1.82) is 0 Å². The number of carboxylic acid groups (broad SMARTS) is 1. The first kappa shape index (κ1) is 16.8. The Morgan fingerprint density at radius 1 is 1.29 bits per heavy atom. The van der Waals surface area contributed by atoms with Crippen LogP contribution in [-0.2, 0) is 9.59 Å². The molecule has 0 aliphatic carbocycles. The number of nitrogens with one attached hydrogen (secondary N) is 1. The first-order valence-electron chi connectivity index (χ1n) is 6.76. The molecule has 0 aliphatic heterocycles. The zero-order chi connectivity index (χ0) is 15.8. The van der Waals surface area contributed by atoms with E-state index < -0.39 is 5.97 Å². The van der Waals surface area contributed by atoms with Gasteiger partial charge in [-0.3, -0.25) is 9.59 Å². The first-order chi connectivity index (χ1) is 9.92. The van der Waals surface area contributed by atoms with Crippen molar-refractivity contribution >= 4 is 18.0 Å². The normalized spacial score (nSPS) is 12.4. The van der Waals surface area contributed by atoms with Crippen molar-refractivity contribution in [2.24, 2.45) is 5.92 Å². The molecule has 2 N–H and O–H groups in total. The Kier molecular flexibility index (Phi) is 6.46. The molecule has 1 amide bonds. The van der Waals surface area contributed by atoms with E-state index >= 15 is 0 Å². The predicted molar refractivity (Wildman–Crippen MR) is 81.0 cm³/mol. The van der Waals surface area contributed by atoms with E-state index in [0.717, 1.165) is 11.3 Å². The van der Waals surface area contributed by atoms with Crippen LogP contribution in [0.5, 0.6) is 5.75 Å². The summed E-state index contributed by atoms with van der Waals surface area (Å²) in [5.74, 6) is -0.420. The van der Waals surface area contributed by atoms with Gasteiger partial charge in [0.05, 0.1) is 13.5 Å². The van der Waals surface area contributed by atoms with Crippen LogP contribution in [0.4, 0.5) is 0 Å². The summed E-state index contributed by atoms with van der Waals surface area (Å²) in [4.78, 5) is 22.6. The van der Waals surface area contributed by atoms with Crippen LogP contribution in [0.3, 0.4) is 0 Å². The number of carbonyl (C=O) groups excluding carboxylic acids is 1. The highest BCUT2D eigenvalue weighted by molar-refractivity contribution is 5.92. The van der Waals surface area contributed by atoms with Gasteiger partial charge in [-0.2, -0.15) is 0 Å². The van der Waals surface area contributed by atoms with E-state index in [0.29, 0.717) is 0 Å². The van der Waals surface area contributed by atoms with Gasteiger partial charge >= 0.3 is 5.97 Å². The van der Waals surface area contributed by atoms with Crippen molar-refractivity contribution in [2.75, 3.05) is 7.11 Å². The van der Waals surface area contributed by atoms with Crippen molar-refractivity contribution in [3.05, 3.63) is 35.9 Å². The van der Waals surface area contributed by atoms with Crippen molar-refractivity contribution in [2.45, 2.75) is 26.3 Å². The number of aliphatic carboxylic acids is 1. The minimum Gasteiger partial charge on any atom is -0.497 e. The molecule has 1 aromatic carbocycles. The lowest BCUT2D eigenvalue weighted by Crippen LogP contribution is -2.39. The molecular formula is C16H21NO4. The standard InChI is InChI=1S/C16H21NO4/c1-11(2)14(10-16(19)20)17-15(18)9-6-12-4-7-13(21-3)8-5-12/h4-9,11,14H,10H2,1-3H3,(H,17,18)(H,19,20)/b9-6+. The maximum absolute atomic E-state index is 11.8. The number of hydrogen-bond acceptors (Lipinski definition) is 3. The Labute approximate surface area is 124 Å². The van der Waals surface area contributed by atoms with Gasteiger partial charge in [0.1, 0.15) is 5.75 Å². The molecule has 114 valence electrons. The van der Waals surface area contributed by atoms with Crippen LogP contribution >= 0.6 is 0 Å². The van der Waals surface area contributed by atoms with Crippen LogP contribution in [-0.4, -0.2) is 30.1 Å². The molecule has 0 saturated carbocycles. The lowest BCUT2D eigenvalue weighted by molar-refractivity contribution is -0.138. The predicted octanol–water partition coefficient (Wildman–Crippen LogP) is 2.32. The summed E-state index contributed by atoms with van der Waals surface area (Å²) in [5.41, 5.74) is 0.866. The molecule has 0 fully saturated rings. The minimum absolute atomic E-state index is 0.0550. The molecule has 5 heteroatoms. The summed E-state index contributed by atoms with van der Waals surface area (Å²) >= 11 is 0. The smallest absolute Gasteiger partial charge is 0.305 e. The average Bonchev–Trinajstić information content (AvgIpc) is 2.44. The lowest BCUT2D eigenvalue weighted by Gasteiger charge is -2.19. The van der Waals surface area contributed by atoms with Crippen molar-refractivity contribution < 1.29 is 19.4 Å². The molecule has 0 bridgehead atoms. The zero-order valence-electron chi connectivity index (χ0n) is 12.5. The van der Waals surface area contributed by atoms with Crippen LogP contribution in [0.25, 0.3) is 6.08 Å². The van der Waals surface area contributed by atoms with Crippen molar-refractivity contribution in [1.82, 2.24) is 5.32 Å². The third-order valence-corrected chi connectivity index (χ3v) is 3.07. The number of methoxy groups -OCH3 is 1. The molecule has 1 aromatic rings. The van der Waals surface area contributed by atoms with Crippen LogP contribution in [0.15, 0.2) is 30.3 Å². The molecular weight excluding hydrogens is 270 g/mol. The van der Waals surface area contributed by atoms with E-state index in [1.807, 2.05) is 26.0 Å². The Balaban J connectivity index is 2.61. The number of hydrogen-bond donors (Lipinski definition) is 2. The maximum atomic E-state index is 11.8. The van der Waals surface area contributed by atoms with Crippen molar-refractivity contribution in [3.63, 3.8) is 0 Å². The van der Waals surface area contributed by atoms with Gasteiger partial charge in [0.15, 0.2) is 0 Å². The number of rotatable bonds is 7. The Morgan fingerprint density at radius 2 is 1.90 bits per heavy atom. The second kappa shape index (κ2) is 8.09. The van der Waals surface area contributed by atoms with Crippen LogP contribution in [0.1, 0.15) is 25.8 Å². The Morgan fingerprint density at radius 3 is 2.38 bits per heavy atom. The van der Waals surface area contributed by atoms with Gasteiger partial charge < -0.3 is 15.2 Å². The summed E-state index contributed by atoms with van der Waals surface area (Å²) < 4.78 is 5.05. The molecule has 21 heavy (non-hydrogen) atoms. The molecule has 1 atom stereocenters. The average molecular weight is 291 g/mol. The fraction of sp³-hybridized carbons (Fsp3) is 0.375. The van der Waals surface area contributed by atoms with Gasteiger partial charge in [-0.05, 0) is 29.7 Å². The monoisotopic (exact) mass is 291 g/mol. The summed E-state index contributed by atoms with van der Waals surface area (Å²) in [6.45, 7) is 3.75. The van der Waals surface area contributed by atoms with Crippen LogP contribution in [0.2, 0.25) is 0 Å². The van der Waals surface area contributed by atoms with Gasteiger partial charge in [-0.25, -0.2) is 0 Å². The molecule has 0 spiro atoms. The highest BCUT2D eigenvalue weighted by atomic mass is 16.5. The molecule has 0 saturated heterocycles. The van der Waals surface area contributed by atoms with Crippen LogP contribution in [0, 0.1) is 5.92 Å². The highest BCUT2D eigenvalue weighted by Crippen LogP contribution is 2.12. The van der Waals surface area contributed by atoms with Crippen molar-refractivity contribution in [3.8, 4) is 5.75 Å². The number of amides is 1. The largest absolute Gasteiger partial charge is 0.497 e. The lowest BCUT2D eigenvalue weighted by atomic mass is 10.0.